The largest absolute Gasteiger partial charge is 0.308 e. The normalized spacial score (nSPS) is 16.1. The first-order valence-electron chi connectivity index (χ1n) is 13.3. The average molecular weight is 465 g/mol. The Labute approximate surface area is 209 Å². The van der Waals surface area contributed by atoms with Gasteiger partial charge in [-0.2, -0.15) is 0 Å². The van der Waals surface area contributed by atoms with Crippen LogP contribution in [0.2, 0.25) is 0 Å². The average Bonchev–Trinajstić information content (AvgIpc) is 2.91. The maximum absolute atomic E-state index is 9.17. The molecule has 0 amide bonds. The fourth-order valence-electron chi connectivity index (χ4n) is 4.19. The van der Waals surface area contributed by atoms with Crippen molar-refractivity contribution in [2.75, 3.05) is 26.2 Å². The Hall–Kier alpha value is -2.23. The van der Waals surface area contributed by atoms with E-state index >= 15 is 0 Å². The van der Waals surface area contributed by atoms with E-state index in [1.807, 2.05) is 20.8 Å². The van der Waals surface area contributed by atoms with Crippen molar-refractivity contribution in [1.29, 1.82) is 0 Å². The molecule has 1 N–H and O–H groups in total. The monoisotopic (exact) mass is 464 g/mol. The number of fused-ring (bicyclic) bond motifs is 1. The van der Waals surface area contributed by atoms with Crippen LogP contribution in [0.4, 0.5) is 0 Å². The van der Waals surface area contributed by atoms with Gasteiger partial charge >= 0.3 is 0 Å². The minimum absolute atomic E-state index is 0.459. The minimum Gasteiger partial charge on any atom is -0.308 e. The highest BCUT2D eigenvalue weighted by Gasteiger charge is 2.20. The predicted molar refractivity (Wildman–Crippen MR) is 151 cm³/mol. The molecule has 2 aromatic rings. The second kappa shape index (κ2) is 18.1. The number of carbonyl (C=O) groups excluding carboxylic acids is 1. The number of unbranched alkanes of at least 4 members (excludes halogenated alkanes) is 1. The summed E-state index contributed by atoms with van der Waals surface area (Å²) >= 11 is 0. The van der Waals surface area contributed by atoms with Crippen LogP contribution in [0.5, 0.6) is 0 Å². The number of aldehydes is 1. The number of carbonyl (C=O) groups is 1. The molecule has 3 rings (SSSR count). The van der Waals surface area contributed by atoms with Crippen LogP contribution in [0, 0.1) is 0 Å². The number of allylic oxidation sites excluding steroid dienone is 2. The van der Waals surface area contributed by atoms with E-state index in [2.05, 4.69) is 79.2 Å². The van der Waals surface area contributed by atoms with E-state index in [1.54, 1.807) is 0 Å². The summed E-state index contributed by atoms with van der Waals surface area (Å²) in [5.41, 5.74) is 4.17. The Balaban J connectivity index is 0.000000872. The number of nitrogens with one attached hydrogen (secondary N) is 1. The Bertz CT molecular complexity index is 871. The zero-order valence-electron chi connectivity index (χ0n) is 22.4. The summed E-state index contributed by atoms with van der Waals surface area (Å²) in [4.78, 5) is 11.8. The van der Waals surface area contributed by atoms with E-state index in [0.29, 0.717) is 12.5 Å². The number of rotatable bonds is 10. The van der Waals surface area contributed by atoms with Gasteiger partial charge in [-0.25, -0.2) is 0 Å². The van der Waals surface area contributed by atoms with Crippen molar-refractivity contribution in [3.05, 3.63) is 66.3 Å². The molecule has 3 heteroatoms. The van der Waals surface area contributed by atoms with Crippen LogP contribution in [0.25, 0.3) is 16.3 Å². The summed E-state index contributed by atoms with van der Waals surface area (Å²) in [5.74, 6) is 0. The van der Waals surface area contributed by atoms with Gasteiger partial charge in [-0.1, -0.05) is 88.7 Å². The molecular weight excluding hydrogens is 416 g/mol. The second-order valence-electron chi connectivity index (χ2n) is 8.62. The molecule has 0 bridgehead atoms. The van der Waals surface area contributed by atoms with Crippen LogP contribution in [0.15, 0.2) is 60.7 Å². The summed E-state index contributed by atoms with van der Waals surface area (Å²) in [7, 11) is 0. The summed E-state index contributed by atoms with van der Waals surface area (Å²) in [5, 5.41) is 6.31. The molecule has 1 aliphatic heterocycles. The standard InChI is InChI=1S/C26H36N2.C3H6O.C2H6/c1-4-6-17-28-18-16-27-26(20-28)21(3)10-9-13-22(5-2)25-15-14-23-11-7-8-12-24(23)19-25;1-2-3-4;1-2/h5,7-8,11-12,14-15,19,26-27H,3-4,6,9-10,13,16-18,20H2,1-2H3;3H,2H2,1H3;1-2H3/b22-5+;;. The summed E-state index contributed by atoms with van der Waals surface area (Å²) in [6.45, 7) is 19.3. The van der Waals surface area contributed by atoms with Crippen molar-refractivity contribution in [3.8, 4) is 0 Å². The van der Waals surface area contributed by atoms with Gasteiger partial charge in [-0.3, -0.25) is 0 Å². The van der Waals surface area contributed by atoms with Gasteiger partial charge in [0, 0.05) is 32.1 Å². The van der Waals surface area contributed by atoms with Gasteiger partial charge in [-0.05, 0) is 67.1 Å². The number of hydrogen-bond donors (Lipinski definition) is 1. The quantitative estimate of drug-likeness (QED) is 0.289. The third kappa shape index (κ3) is 10.4. The molecule has 34 heavy (non-hydrogen) atoms. The summed E-state index contributed by atoms with van der Waals surface area (Å²) in [6.07, 6.45) is 9.74. The first kappa shape index (κ1) is 29.8. The molecule has 3 nitrogen and oxygen atoms in total. The highest BCUT2D eigenvalue weighted by molar-refractivity contribution is 5.86. The van der Waals surface area contributed by atoms with Crippen molar-refractivity contribution in [3.63, 3.8) is 0 Å². The third-order valence-electron chi connectivity index (χ3n) is 6.16. The van der Waals surface area contributed by atoms with Gasteiger partial charge in [0.1, 0.15) is 6.29 Å². The molecule has 1 aliphatic rings. The van der Waals surface area contributed by atoms with Crippen molar-refractivity contribution < 1.29 is 4.79 Å². The van der Waals surface area contributed by atoms with Crippen LogP contribution < -0.4 is 5.32 Å². The highest BCUT2D eigenvalue weighted by atomic mass is 16.1. The fourth-order valence-corrected chi connectivity index (χ4v) is 4.19. The number of nitrogens with zero attached hydrogens (tertiary/aromatic N) is 1. The molecule has 0 aliphatic carbocycles. The molecule has 0 saturated carbocycles. The molecule has 188 valence electrons. The number of benzene rings is 2. The van der Waals surface area contributed by atoms with E-state index in [4.69, 9.17) is 0 Å². The highest BCUT2D eigenvalue weighted by Crippen LogP contribution is 2.26. The zero-order chi connectivity index (χ0) is 25.2. The van der Waals surface area contributed by atoms with Gasteiger partial charge in [0.25, 0.3) is 0 Å². The van der Waals surface area contributed by atoms with Gasteiger partial charge in [-0.15, -0.1) is 0 Å². The molecule has 0 aromatic heterocycles. The van der Waals surface area contributed by atoms with Crippen molar-refractivity contribution >= 4 is 22.6 Å². The zero-order valence-corrected chi connectivity index (χ0v) is 22.4. The lowest BCUT2D eigenvalue weighted by molar-refractivity contribution is -0.107. The lowest BCUT2D eigenvalue weighted by atomic mass is 9.94. The topological polar surface area (TPSA) is 32.3 Å². The first-order valence-corrected chi connectivity index (χ1v) is 13.3. The molecule has 1 fully saturated rings. The fraction of sp³-hybridized carbons (Fsp3) is 0.516. The molecule has 1 atom stereocenters. The Kier molecular flexibility index (Phi) is 15.9. The van der Waals surface area contributed by atoms with Crippen molar-refractivity contribution in [2.24, 2.45) is 0 Å². The lowest BCUT2D eigenvalue weighted by Gasteiger charge is -2.34. The minimum atomic E-state index is 0.459. The van der Waals surface area contributed by atoms with Crippen LogP contribution in [0.3, 0.4) is 0 Å². The van der Waals surface area contributed by atoms with Crippen LogP contribution >= 0.6 is 0 Å². The van der Waals surface area contributed by atoms with Gasteiger partial charge in [0.05, 0.1) is 0 Å². The lowest BCUT2D eigenvalue weighted by Crippen LogP contribution is -2.51. The summed E-state index contributed by atoms with van der Waals surface area (Å²) < 4.78 is 0. The summed E-state index contributed by atoms with van der Waals surface area (Å²) in [6, 6.07) is 15.9. The maximum atomic E-state index is 9.17. The van der Waals surface area contributed by atoms with Gasteiger partial charge in [0.2, 0.25) is 0 Å². The molecule has 1 heterocycles. The van der Waals surface area contributed by atoms with E-state index in [-0.39, 0.29) is 0 Å². The van der Waals surface area contributed by atoms with Crippen LogP contribution in [0.1, 0.15) is 78.7 Å². The Morgan fingerprint density at radius 3 is 2.44 bits per heavy atom. The van der Waals surface area contributed by atoms with E-state index in [9.17, 15) is 4.79 Å². The van der Waals surface area contributed by atoms with Gasteiger partial charge in [0.15, 0.2) is 0 Å². The second-order valence-corrected chi connectivity index (χ2v) is 8.62. The molecule has 0 radical (unpaired) electrons. The molecule has 0 spiro atoms. The van der Waals surface area contributed by atoms with Crippen molar-refractivity contribution in [2.45, 2.75) is 79.2 Å². The van der Waals surface area contributed by atoms with Crippen LogP contribution in [-0.2, 0) is 4.79 Å². The van der Waals surface area contributed by atoms with E-state index in [1.165, 1.54) is 59.8 Å². The van der Waals surface area contributed by atoms with Crippen molar-refractivity contribution in [1.82, 2.24) is 10.2 Å². The smallest absolute Gasteiger partial charge is 0.119 e. The third-order valence-corrected chi connectivity index (χ3v) is 6.16. The Morgan fingerprint density at radius 1 is 1.09 bits per heavy atom. The first-order chi connectivity index (χ1) is 16.6. The Morgan fingerprint density at radius 2 is 1.79 bits per heavy atom. The number of piperazine rings is 1. The molecule has 1 unspecified atom stereocenters. The maximum Gasteiger partial charge on any atom is 0.119 e. The SMILES string of the molecule is C=C(CCC/C(=C\C)c1ccc2ccccc2c1)C1CN(CCCC)CCN1.CC.CCC=O. The van der Waals surface area contributed by atoms with E-state index in [0.717, 1.165) is 32.2 Å². The predicted octanol–water partition coefficient (Wildman–Crippen LogP) is 7.67. The molecule has 2 aromatic carbocycles. The van der Waals surface area contributed by atoms with Crippen LogP contribution in [-0.4, -0.2) is 43.4 Å². The van der Waals surface area contributed by atoms with Gasteiger partial charge < -0.3 is 15.0 Å². The van der Waals surface area contributed by atoms with E-state index < -0.39 is 0 Å². The molecular formula is C31H48N2O. The number of hydrogen-bond acceptors (Lipinski definition) is 3. The molecule has 1 saturated heterocycles.